The van der Waals surface area contributed by atoms with Crippen molar-refractivity contribution in [3.05, 3.63) is 35.9 Å². The average Bonchev–Trinajstić information content (AvgIpc) is 2.40. The third-order valence-electron chi connectivity index (χ3n) is 2.50. The molecule has 1 aromatic rings. The Morgan fingerprint density at radius 2 is 2.11 bits per heavy atom. The van der Waals surface area contributed by atoms with Crippen LogP contribution in [-0.2, 0) is 11.3 Å². The Labute approximate surface area is 114 Å². The summed E-state index contributed by atoms with van der Waals surface area (Å²) in [7, 11) is 0. The molecule has 3 nitrogen and oxygen atoms in total. The van der Waals surface area contributed by atoms with Gasteiger partial charge < -0.3 is 15.2 Å². The van der Waals surface area contributed by atoms with E-state index in [1.807, 2.05) is 42.1 Å². The van der Waals surface area contributed by atoms with Gasteiger partial charge in [-0.2, -0.15) is 11.8 Å². The molecule has 1 aromatic carbocycles. The highest BCUT2D eigenvalue weighted by molar-refractivity contribution is 7.98. The quantitative estimate of drug-likeness (QED) is 0.637. The smallest absolute Gasteiger partial charge is 0.0897 e. The summed E-state index contributed by atoms with van der Waals surface area (Å²) in [5.41, 5.74) is 1.14. The van der Waals surface area contributed by atoms with Crippen molar-refractivity contribution in [1.82, 2.24) is 5.32 Å². The van der Waals surface area contributed by atoms with Gasteiger partial charge in [-0.1, -0.05) is 30.3 Å². The number of hydrogen-bond acceptors (Lipinski definition) is 4. The fourth-order valence-electron chi connectivity index (χ4n) is 1.56. The highest BCUT2D eigenvalue weighted by Crippen LogP contribution is 2.00. The van der Waals surface area contributed by atoms with Crippen molar-refractivity contribution >= 4 is 11.8 Å². The summed E-state index contributed by atoms with van der Waals surface area (Å²) in [6.45, 7) is 2.49. The molecule has 0 spiro atoms. The van der Waals surface area contributed by atoms with Crippen LogP contribution in [0.3, 0.4) is 0 Å². The molecule has 2 N–H and O–H groups in total. The first-order valence-corrected chi connectivity index (χ1v) is 7.71. The maximum absolute atomic E-state index is 9.69. The summed E-state index contributed by atoms with van der Waals surface area (Å²) in [5.74, 6) is 1.16. The fourth-order valence-corrected chi connectivity index (χ4v) is 1.99. The van der Waals surface area contributed by atoms with Crippen molar-refractivity contribution in [2.75, 3.05) is 31.7 Å². The zero-order valence-corrected chi connectivity index (χ0v) is 11.8. The van der Waals surface area contributed by atoms with E-state index in [2.05, 4.69) is 11.6 Å². The summed E-state index contributed by atoms with van der Waals surface area (Å²) in [5, 5.41) is 12.9. The summed E-state index contributed by atoms with van der Waals surface area (Å²) in [6.07, 6.45) is 2.81. The van der Waals surface area contributed by atoms with Crippen LogP contribution in [0.2, 0.25) is 0 Å². The number of hydrogen-bond donors (Lipinski definition) is 2. The standard InChI is InChI=1S/C14H23NO2S/c1-18-9-5-8-15-10-14(16)12-17-11-13-6-3-2-4-7-13/h2-4,6-7,14-16H,5,8-12H2,1H3. The molecule has 18 heavy (non-hydrogen) atoms. The second-order valence-electron chi connectivity index (χ2n) is 4.21. The van der Waals surface area contributed by atoms with Gasteiger partial charge in [-0.25, -0.2) is 0 Å². The van der Waals surface area contributed by atoms with E-state index in [1.54, 1.807) is 0 Å². The van der Waals surface area contributed by atoms with Gasteiger partial charge >= 0.3 is 0 Å². The van der Waals surface area contributed by atoms with Crippen molar-refractivity contribution in [3.8, 4) is 0 Å². The Morgan fingerprint density at radius 3 is 2.83 bits per heavy atom. The molecular weight excluding hydrogens is 246 g/mol. The molecule has 4 heteroatoms. The van der Waals surface area contributed by atoms with Gasteiger partial charge in [0.05, 0.1) is 19.3 Å². The number of thioether (sulfide) groups is 1. The first-order valence-electron chi connectivity index (χ1n) is 6.32. The minimum Gasteiger partial charge on any atom is -0.389 e. The van der Waals surface area contributed by atoms with Crippen LogP contribution >= 0.6 is 11.8 Å². The normalized spacial score (nSPS) is 12.6. The molecule has 0 saturated heterocycles. The lowest BCUT2D eigenvalue weighted by atomic mass is 10.2. The predicted octanol–water partition coefficient (Wildman–Crippen LogP) is 1.91. The van der Waals surface area contributed by atoms with Crippen LogP contribution in [0.15, 0.2) is 30.3 Å². The number of nitrogens with one attached hydrogen (secondary N) is 1. The Balaban J connectivity index is 1.98. The highest BCUT2D eigenvalue weighted by atomic mass is 32.2. The zero-order chi connectivity index (χ0) is 13.1. The van der Waals surface area contributed by atoms with Crippen molar-refractivity contribution < 1.29 is 9.84 Å². The summed E-state index contributed by atoms with van der Waals surface area (Å²) in [4.78, 5) is 0. The summed E-state index contributed by atoms with van der Waals surface area (Å²) >= 11 is 1.84. The lowest BCUT2D eigenvalue weighted by Crippen LogP contribution is -2.31. The van der Waals surface area contributed by atoms with Crippen LogP contribution in [0.1, 0.15) is 12.0 Å². The van der Waals surface area contributed by atoms with E-state index in [4.69, 9.17) is 4.74 Å². The molecule has 1 rings (SSSR count). The number of aliphatic hydroxyl groups excluding tert-OH is 1. The Kier molecular flexibility index (Phi) is 8.94. The lowest BCUT2D eigenvalue weighted by molar-refractivity contribution is 0.0290. The minimum atomic E-state index is -0.428. The summed E-state index contributed by atoms with van der Waals surface area (Å²) < 4.78 is 5.47. The lowest BCUT2D eigenvalue weighted by Gasteiger charge is -2.12. The van der Waals surface area contributed by atoms with E-state index >= 15 is 0 Å². The van der Waals surface area contributed by atoms with E-state index in [9.17, 15) is 5.11 Å². The van der Waals surface area contributed by atoms with Gasteiger partial charge in [-0.3, -0.25) is 0 Å². The molecule has 1 unspecified atom stereocenters. The van der Waals surface area contributed by atoms with Crippen LogP contribution in [0, 0.1) is 0 Å². The van der Waals surface area contributed by atoms with E-state index in [1.165, 1.54) is 0 Å². The van der Waals surface area contributed by atoms with E-state index in [-0.39, 0.29) is 0 Å². The van der Waals surface area contributed by atoms with Gasteiger partial charge in [-0.05, 0) is 30.5 Å². The van der Waals surface area contributed by atoms with Crippen molar-refractivity contribution in [1.29, 1.82) is 0 Å². The molecule has 0 saturated carbocycles. The summed E-state index contributed by atoms with van der Waals surface area (Å²) in [6, 6.07) is 10.0. The van der Waals surface area contributed by atoms with Crippen LogP contribution in [0.4, 0.5) is 0 Å². The van der Waals surface area contributed by atoms with Gasteiger partial charge in [0.25, 0.3) is 0 Å². The molecule has 0 aliphatic carbocycles. The second-order valence-corrected chi connectivity index (χ2v) is 5.19. The third kappa shape index (κ3) is 7.71. The van der Waals surface area contributed by atoms with Crippen molar-refractivity contribution in [2.45, 2.75) is 19.1 Å². The molecule has 0 bridgehead atoms. The van der Waals surface area contributed by atoms with Gasteiger partial charge in [0.15, 0.2) is 0 Å². The van der Waals surface area contributed by atoms with Crippen LogP contribution in [0.25, 0.3) is 0 Å². The molecule has 0 aliphatic rings. The SMILES string of the molecule is CSCCCNCC(O)COCc1ccccc1. The molecule has 1 atom stereocenters. The number of aliphatic hydroxyl groups is 1. The number of rotatable bonds is 10. The molecule has 0 aromatic heterocycles. The van der Waals surface area contributed by atoms with E-state index < -0.39 is 6.10 Å². The molecular formula is C14H23NO2S. The van der Waals surface area contributed by atoms with E-state index in [0.717, 1.165) is 24.3 Å². The third-order valence-corrected chi connectivity index (χ3v) is 3.20. The van der Waals surface area contributed by atoms with Gasteiger partial charge in [0, 0.05) is 6.54 Å². The largest absolute Gasteiger partial charge is 0.389 e. The van der Waals surface area contributed by atoms with Crippen LogP contribution < -0.4 is 5.32 Å². The van der Waals surface area contributed by atoms with Crippen LogP contribution in [-0.4, -0.2) is 42.9 Å². The van der Waals surface area contributed by atoms with Crippen molar-refractivity contribution in [3.63, 3.8) is 0 Å². The minimum absolute atomic E-state index is 0.379. The van der Waals surface area contributed by atoms with Gasteiger partial charge in [0.2, 0.25) is 0 Å². The first kappa shape index (κ1) is 15.5. The van der Waals surface area contributed by atoms with Crippen LogP contribution in [0.5, 0.6) is 0 Å². The molecule has 0 fully saturated rings. The predicted molar refractivity (Wildman–Crippen MR) is 78.0 cm³/mol. The Hall–Kier alpha value is -0.550. The Bertz CT molecular complexity index is 295. The Morgan fingerprint density at radius 1 is 1.33 bits per heavy atom. The van der Waals surface area contributed by atoms with Gasteiger partial charge in [0.1, 0.15) is 0 Å². The second kappa shape index (κ2) is 10.4. The highest BCUT2D eigenvalue weighted by Gasteiger charge is 2.03. The molecule has 0 amide bonds. The number of ether oxygens (including phenoxy) is 1. The number of benzene rings is 1. The maximum atomic E-state index is 9.69. The molecule has 0 aliphatic heterocycles. The molecule has 0 radical (unpaired) electrons. The van der Waals surface area contributed by atoms with Gasteiger partial charge in [-0.15, -0.1) is 0 Å². The topological polar surface area (TPSA) is 41.5 Å². The first-order chi connectivity index (χ1) is 8.83. The van der Waals surface area contributed by atoms with E-state index in [0.29, 0.717) is 19.8 Å². The average molecular weight is 269 g/mol. The molecule has 0 heterocycles. The van der Waals surface area contributed by atoms with Crippen molar-refractivity contribution in [2.24, 2.45) is 0 Å². The fraction of sp³-hybridized carbons (Fsp3) is 0.571. The zero-order valence-electron chi connectivity index (χ0n) is 11.0. The monoisotopic (exact) mass is 269 g/mol. The maximum Gasteiger partial charge on any atom is 0.0897 e. The molecule has 102 valence electrons.